The average molecular weight is 333 g/mol. The van der Waals surface area contributed by atoms with Crippen LogP contribution in [0.15, 0.2) is 30.3 Å². The van der Waals surface area contributed by atoms with Gasteiger partial charge in [-0.1, -0.05) is 18.2 Å². The highest BCUT2D eigenvalue weighted by molar-refractivity contribution is 7.98. The molecule has 1 aromatic carbocycles. The highest BCUT2D eigenvalue weighted by Crippen LogP contribution is 2.22. The molecule has 0 spiro atoms. The number of thioether (sulfide) groups is 1. The van der Waals surface area contributed by atoms with Crippen molar-refractivity contribution >= 4 is 34.4 Å². The van der Waals surface area contributed by atoms with Crippen LogP contribution in [0.25, 0.3) is 10.9 Å². The minimum absolute atomic E-state index is 0.201. The fourth-order valence-electron chi connectivity index (χ4n) is 2.31. The number of nitrogens with one attached hydrogen (secondary N) is 1. The number of aliphatic hydroxyl groups is 1. The van der Waals surface area contributed by atoms with Gasteiger partial charge in [0.05, 0.1) is 16.7 Å². The van der Waals surface area contributed by atoms with Gasteiger partial charge in [0.2, 0.25) is 0 Å². The van der Waals surface area contributed by atoms with Crippen molar-refractivity contribution < 1.29 is 9.90 Å². The van der Waals surface area contributed by atoms with Gasteiger partial charge in [-0.05, 0) is 25.3 Å². The second-order valence-corrected chi connectivity index (χ2v) is 6.92. The van der Waals surface area contributed by atoms with Crippen LogP contribution in [0.3, 0.4) is 0 Å². The van der Waals surface area contributed by atoms with E-state index in [-0.39, 0.29) is 12.5 Å². The number of carbonyl (C=O) groups excluding carboxylic acids is 1. The molecule has 1 amide bonds. The van der Waals surface area contributed by atoms with Crippen molar-refractivity contribution in [3.8, 4) is 0 Å². The van der Waals surface area contributed by atoms with Crippen LogP contribution in [-0.4, -0.2) is 54.2 Å². The van der Waals surface area contributed by atoms with Crippen LogP contribution in [0.2, 0.25) is 0 Å². The lowest BCUT2D eigenvalue weighted by molar-refractivity contribution is 0.0726. The van der Waals surface area contributed by atoms with Crippen molar-refractivity contribution in [3.05, 3.63) is 35.9 Å². The number of para-hydroxylation sites is 1. The van der Waals surface area contributed by atoms with Crippen molar-refractivity contribution in [2.24, 2.45) is 0 Å². The van der Waals surface area contributed by atoms with Gasteiger partial charge >= 0.3 is 0 Å². The van der Waals surface area contributed by atoms with Crippen LogP contribution >= 0.6 is 11.8 Å². The summed E-state index contributed by atoms with van der Waals surface area (Å²) in [7, 11) is 3.78. The van der Waals surface area contributed by atoms with Crippen LogP contribution in [0, 0.1) is 0 Å². The molecule has 0 saturated carbocycles. The molecule has 2 N–H and O–H groups in total. The highest BCUT2D eigenvalue weighted by Gasteiger charge is 2.22. The summed E-state index contributed by atoms with van der Waals surface area (Å²) in [5.74, 6) is 1.09. The summed E-state index contributed by atoms with van der Waals surface area (Å²) < 4.78 is 0. The summed E-state index contributed by atoms with van der Waals surface area (Å²) in [6.07, 6.45) is 1.93. The summed E-state index contributed by atoms with van der Waals surface area (Å²) in [6, 6.07) is 9.35. The molecule has 0 aliphatic rings. The van der Waals surface area contributed by atoms with Gasteiger partial charge in [0.1, 0.15) is 5.82 Å². The Hall–Kier alpha value is -1.79. The zero-order valence-corrected chi connectivity index (χ0v) is 14.8. The van der Waals surface area contributed by atoms with Gasteiger partial charge in [0.25, 0.3) is 5.91 Å². The fourth-order valence-corrected chi connectivity index (χ4v) is 3.03. The van der Waals surface area contributed by atoms with Crippen molar-refractivity contribution in [1.82, 2.24) is 10.3 Å². The maximum atomic E-state index is 12.6. The Bertz CT molecular complexity index is 701. The number of hydrogen-bond acceptors (Lipinski definition) is 5. The number of rotatable bonds is 6. The number of nitrogens with zero attached hydrogens (tertiary/aromatic N) is 2. The number of pyridine rings is 1. The Morgan fingerprint density at radius 1 is 1.39 bits per heavy atom. The molecule has 6 heteroatoms. The zero-order valence-electron chi connectivity index (χ0n) is 14.0. The molecule has 5 nitrogen and oxygen atoms in total. The summed E-state index contributed by atoms with van der Waals surface area (Å²) >= 11 is 1.55. The van der Waals surface area contributed by atoms with E-state index < -0.39 is 5.60 Å². The molecule has 0 fully saturated rings. The molecule has 23 heavy (non-hydrogen) atoms. The highest BCUT2D eigenvalue weighted by atomic mass is 32.2. The van der Waals surface area contributed by atoms with E-state index >= 15 is 0 Å². The Morgan fingerprint density at radius 3 is 2.74 bits per heavy atom. The third-order valence-corrected chi connectivity index (χ3v) is 4.40. The number of aromatic nitrogens is 1. The number of benzene rings is 1. The molecular formula is C17H23N3O2S. The van der Waals surface area contributed by atoms with Crippen LogP contribution in [0.5, 0.6) is 0 Å². The second kappa shape index (κ2) is 7.19. The van der Waals surface area contributed by atoms with Crippen molar-refractivity contribution in [2.75, 3.05) is 37.5 Å². The predicted molar refractivity (Wildman–Crippen MR) is 97.4 cm³/mol. The molecule has 1 heterocycles. The first kappa shape index (κ1) is 17.6. The first-order chi connectivity index (χ1) is 10.8. The average Bonchev–Trinajstić information content (AvgIpc) is 2.51. The molecule has 0 radical (unpaired) electrons. The van der Waals surface area contributed by atoms with Gasteiger partial charge in [-0.15, -0.1) is 0 Å². The van der Waals surface area contributed by atoms with Gasteiger partial charge in [-0.25, -0.2) is 4.98 Å². The number of hydrogen-bond donors (Lipinski definition) is 2. The first-order valence-corrected chi connectivity index (χ1v) is 8.80. The van der Waals surface area contributed by atoms with Crippen molar-refractivity contribution in [3.63, 3.8) is 0 Å². The molecule has 0 aliphatic heterocycles. The lowest BCUT2D eigenvalue weighted by Gasteiger charge is -2.23. The van der Waals surface area contributed by atoms with Gasteiger partial charge in [-0.3, -0.25) is 4.79 Å². The van der Waals surface area contributed by atoms with E-state index in [1.165, 1.54) is 0 Å². The van der Waals surface area contributed by atoms with Crippen molar-refractivity contribution in [2.45, 2.75) is 12.5 Å². The maximum Gasteiger partial charge on any atom is 0.252 e. The van der Waals surface area contributed by atoms with Crippen LogP contribution in [-0.2, 0) is 0 Å². The lowest BCUT2D eigenvalue weighted by Crippen LogP contribution is -2.42. The minimum Gasteiger partial charge on any atom is -0.387 e. The third-order valence-electron chi connectivity index (χ3n) is 3.49. The van der Waals surface area contributed by atoms with Gasteiger partial charge in [0.15, 0.2) is 0 Å². The molecule has 0 bridgehead atoms. The molecular weight excluding hydrogens is 310 g/mol. The van der Waals surface area contributed by atoms with E-state index in [4.69, 9.17) is 0 Å². The summed E-state index contributed by atoms with van der Waals surface area (Å²) in [4.78, 5) is 19.0. The van der Waals surface area contributed by atoms with E-state index in [9.17, 15) is 9.90 Å². The molecule has 1 atom stereocenters. The van der Waals surface area contributed by atoms with Crippen LogP contribution < -0.4 is 10.2 Å². The molecule has 124 valence electrons. The van der Waals surface area contributed by atoms with E-state index in [2.05, 4.69) is 10.3 Å². The van der Waals surface area contributed by atoms with E-state index in [0.717, 1.165) is 16.7 Å². The summed E-state index contributed by atoms with van der Waals surface area (Å²) in [6.45, 7) is 1.93. The Morgan fingerprint density at radius 2 is 2.09 bits per heavy atom. The van der Waals surface area contributed by atoms with E-state index in [1.54, 1.807) is 24.8 Å². The molecule has 0 unspecified atom stereocenters. The number of amides is 1. The standard InChI is InChI=1S/C17H23N3O2S/c1-17(22,11-23-4)10-18-16(21)13-9-15(20(2)3)19-14-8-6-5-7-12(13)14/h5-9,22H,10-11H2,1-4H3,(H,18,21)/t17-/m1/s1. The topological polar surface area (TPSA) is 65.5 Å². The normalized spacial score (nSPS) is 13.6. The van der Waals surface area contributed by atoms with E-state index in [0.29, 0.717) is 11.3 Å². The molecule has 0 saturated heterocycles. The smallest absolute Gasteiger partial charge is 0.252 e. The Kier molecular flexibility index (Phi) is 5.49. The van der Waals surface area contributed by atoms with Crippen molar-refractivity contribution in [1.29, 1.82) is 0 Å². The number of carbonyl (C=O) groups is 1. The predicted octanol–water partition coefficient (Wildman–Crippen LogP) is 2.14. The quantitative estimate of drug-likeness (QED) is 0.848. The fraction of sp³-hybridized carbons (Fsp3) is 0.412. The van der Waals surface area contributed by atoms with Gasteiger partial charge in [-0.2, -0.15) is 11.8 Å². The summed E-state index contributed by atoms with van der Waals surface area (Å²) in [5.41, 5.74) is 0.418. The lowest BCUT2D eigenvalue weighted by atomic mass is 10.1. The molecule has 1 aromatic heterocycles. The summed E-state index contributed by atoms with van der Waals surface area (Å²) in [5, 5.41) is 13.8. The first-order valence-electron chi connectivity index (χ1n) is 7.41. The van der Waals surface area contributed by atoms with Crippen LogP contribution in [0.4, 0.5) is 5.82 Å². The Balaban J connectivity index is 2.32. The molecule has 0 aliphatic carbocycles. The Labute approximate surface area is 141 Å². The SMILES string of the molecule is CSC[C@](C)(O)CNC(=O)c1cc(N(C)C)nc2ccccc12. The zero-order chi connectivity index (χ0) is 17.0. The second-order valence-electron chi connectivity index (χ2n) is 6.05. The molecule has 2 rings (SSSR count). The van der Waals surface area contributed by atoms with Gasteiger partial charge < -0.3 is 15.3 Å². The number of fused-ring (bicyclic) bond motifs is 1. The maximum absolute atomic E-state index is 12.6. The third kappa shape index (κ3) is 4.36. The minimum atomic E-state index is -0.928. The molecule has 2 aromatic rings. The monoisotopic (exact) mass is 333 g/mol. The van der Waals surface area contributed by atoms with Crippen LogP contribution in [0.1, 0.15) is 17.3 Å². The van der Waals surface area contributed by atoms with E-state index in [1.807, 2.05) is 49.5 Å². The largest absolute Gasteiger partial charge is 0.387 e. The number of anilines is 1. The van der Waals surface area contributed by atoms with Gasteiger partial charge in [0, 0.05) is 31.8 Å².